The second-order valence-corrected chi connectivity index (χ2v) is 12.5. The van der Waals surface area contributed by atoms with Crippen LogP contribution in [-0.4, -0.2) is 17.4 Å². The molecular formula is C48H35N3. The van der Waals surface area contributed by atoms with E-state index in [1.165, 1.54) is 16.3 Å². The van der Waals surface area contributed by atoms with E-state index in [1.807, 2.05) is 36.4 Å². The predicted molar refractivity (Wildman–Crippen MR) is 216 cm³/mol. The number of nitrogens with zero attached hydrogens (tertiary/aromatic N) is 3. The first-order valence-electron chi connectivity index (χ1n) is 17.1. The van der Waals surface area contributed by atoms with Gasteiger partial charge in [0.05, 0.1) is 29.2 Å². The van der Waals surface area contributed by atoms with Gasteiger partial charge in [-0.15, -0.1) is 0 Å². The van der Waals surface area contributed by atoms with E-state index in [4.69, 9.17) is 9.98 Å². The lowest BCUT2D eigenvalue weighted by Gasteiger charge is -2.14. The van der Waals surface area contributed by atoms with Gasteiger partial charge in [-0.25, -0.2) is 4.98 Å². The van der Waals surface area contributed by atoms with Gasteiger partial charge in [0.2, 0.25) is 0 Å². The first kappa shape index (κ1) is 31.6. The van der Waals surface area contributed by atoms with Crippen molar-refractivity contribution in [3.05, 3.63) is 205 Å². The van der Waals surface area contributed by atoms with Crippen LogP contribution in [0.2, 0.25) is 0 Å². The van der Waals surface area contributed by atoms with Gasteiger partial charge in [0.25, 0.3) is 0 Å². The molecule has 0 saturated carbocycles. The average molecular weight is 654 g/mol. The summed E-state index contributed by atoms with van der Waals surface area (Å²) < 4.78 is 0. The number of pyridine rings is 1. The van der Waals surface area contributed by atoms with Crippen LogP contribution in [-0.2, 0) is 6.54 Å². The van der Waals surface area contributed by atoms with Crippen molar-refractivity contribution in [1.82, 2.24) is 4.98 Å². The Balaban J connectivity index is 1.19. The molecule has 1 aromatic heterocycles. The molecule has 0 bridgehead atoms. The zero-order valence-corrected chi connectivity index (χ0v) is 28.2. The summed E-state index contributed by atoms with van der Waals surface area (Å²) in [7, 11) is 0. The quantitative estimate of drug-likeness (QED) is 0.113. The standard InChI is InChI=1S/C48H35N3/c1-49-45(32-46(50-33-34-13-5-2-6-14-34)41-25-21-36(22-26-41)35-15-7-3-8-16-35)40-27-23-38(24-28-40)43-31-47(39-18-9-4-10-19-39)51-44-30-29-37-17-11-12-20-42(37)48(43)44/h2-32H,1,33H2/b45-32-,50-46?. The van der Waals surface area contributed by atoms with Crippen LogP contribution in [0.5, 0.6) is 0 Å². The van der Waals surface area contributed by atoms with Gasteiger partial charge >= 0.3 is 0 Å². The summed E-state index contributed by atoms with van der Waals surface area (Å²) in [5.74, 6) is 0. The molecule has 0 amide bonds. The number of benzene rings is 7. The molecular weight excluding hydrogens is 619 g/mol. The van der Waals surface area contributed by atoms with Crippen molar-refractivity contribution in [2.75, 3.05) is 0 Å². The second kappa shape index (κ2) is 14.4. The van der Waals surface area contributed by atoms with Gasteiger partial charge in [0.1, 0.15) is 0 Å². The summed E-state index contributed by atoms with van der Waals surface area (Å²) in [6, 6.07) is 63.3. The molecule has 0 atom stereocenters. The summed E-state index contributed by atoms with van der Waals surface area (Å²) in [4.78, 5) is 14.7. The summed E-state index contributed by atoms with van der Waals surface area (Å²) in [6.07, 6.45) is 2.05. The van der Waals surface area contributed by atoms with Crippen molar-refractivity contribution in [2.24, 2.45) is 9.98 Å². The smallest absolute Gasteiger partial charge is 0.0722 e. The molecule has 0 radical (unpaired) electrons. The van der Waals surface area contributed by atoms with E-state index in [-0.39, 0.29) is 0 Å². The zero-order chi connectivity index (χ0) is 34.4. The summed E-state index contributed by atoms with van der Waals surface area (Å²) in [5.41, 5.74) is 12.3. The van der Waals surface area contributed by atoms with Crippen LogP contribution in [0.3, 0.4) is 0 Å². The van der Waals surface area contributed by atoms with E-state index in [0.29, 0.717) is 6.54 Å². The van der Waals surface area contributed by atoms with Crippen LogP contribution in [0.25, 0.3) is 60.9 Å². The molecule has 8 rings (SSSR count). The Morgan fingerprint density at radius 2 is 1.14 bits per heavy atom. The topological polar surface area (TPSA) is 37.6 Å². The molecule has 8 aromatic rings. The van der Waals surface area contributed by atoms with E-state index in [2.05, 4.69) is 163 Å². The maximum Gasteiger partial charge on any atom is 0.0722 e. The fourth-order valence-corrected chi connectivity index (χ4v) is 6.61. The van der Waals surface area contributed by atoms with Crippen LogP contribution in [0.1, 0.15) is 16.7 Å². The number of rotatable bonds is 9. The van der Waals surface area contributed by atoms with Gasteiger partial charge in [0, 0.05) is 16.5 Å². The molecule has 0 fully saturated rings. The highest BCUT2D eigenvalue weighted by Gasteiger charge is 2.14. The van der Waals surface area contributed by atoms with E-state index in [0.717, 1.165) is 66.9 Å². The number of allylic oxidation sites excluding steroid dienone is 1. The Hall–Kier alpha value is -6.71. The van der Waals surface area contributed by atoms with E-state index in [9.17, 15) is 0 Å². The second-order valence-electron chi connectivity index (χ2n) is 12.5. The van der Waals surface area contributed by atoms with Gasteiger partial charge in [0.15, 0.2) is 0 Å². The Morgan fingerprint density at radius 3 is 1.84 bits per heavy atom. The predicted octanol–water partition coefficient (Wildman–Crippen LogP) is 12.1. The zero-order valence-electron chi connectivity index (χ0n) is 28.2. The highest BCUT2D eigenvalue weighted by molar-refractivity contribution is 6.14. The first-order valence-corrected chi connectivity index (χ1v) is 17.1. The van der Waals surface area contributed by atoms with Crippen LogP contribution in [0.4, 0.5) is 0 Å². The van der Waals surface area contributed by atoms with Gasteiger partial charge in [-0.2, -0.15) is 0 Å². The summed E-state index contributed by atoms with van der Waals surface area (Å²) >= 11 is 0. The number of aromatic nitrogens is 1. The third-order valence-electron chi connectivity index (χ3n) is 9.27. The van der Waals surface area contributed by atoms with E-state index < -0.39 is 0 Å². The molecule has 1 heterocycles. The molecule has 3 nitrogen and oxygen atoms in total. The Bertz CT molecular complexity index is 2520. The van der Waals surface area contributed by atoms with Crippen molar-refractivity contribution >= 4 is 39.8 Å². The fourth-order valence-electron chi connectivity index (χ4n) is 6.61. The van der Waals surface area contributed by atoms with Gasteiger partial charge in [-0.1, -0.05) is 170 Å². The molecule has 51 heavy (non-hydrogen) atoms. The van der Waals surface area contributed by atoms with Crippen molar-refractivity contribution in [3.8, 4) is 33.5 Å². The number of aliphatic imine (C=N–C) groups is 2. The largest absolute Gasteiger partial charge is 0.280 e. The number of fused-ring (bicyclic) bond motifs is 3. The van der Waals surface area contributed by atoms with Crippen LogP contribution >= 0.6 is 0 Å². The lowest BCUT2D eigenvalue weighted by Crippen LogP contribution is -2.00. The molecule has 242 valence electrons. The monoisotopic (exact) mass is 653 g/mol. The molecule has 0 unspecified atom stereocenters. The average Bonchev–Trinajstić information content (AvgIpc) is 3.21. The van der Waals surface area contributed by atoms with E-state index >= 15 is 0 Å². The Kier molecular flexibility index (Phi) is 8.92. The molecule has 7 aromatic carbocycles. The maximum absolute atomic E-state index is 5.12. The molecule has 0 aliphatic carbocycles. The highest BCUT2D eigenvalue weighted by atomic mass is 14.8. The maximum atomic E-state index is 5.12. The van der Waals surface area contributed by atoms with Crippen molar-refractivity contribution in [3.63, 3.8) is 0 Å². The summed E-state index contributed by atoms with van der Waals surface area (Å²) in [6.45, 7) is 4.53. The minimum absolute atomic E-state index is 0.559. The first-order chi connectivity index (χ1) is 25.2. The Morgan fingerprint density at radius 1 is 0.549 bits per heavy atom. The summed E-state index contributed by atoms with van der Waals surface area (Å²) in [5, 5.41) is 3.52. The third kappa shape index (κ3) is 6.79. The van der Waals surface area contributed by atoms with Crippen molar-refractivity contribution in [2.45, 2.75) is 6.54 Å². The molecule has 3 heteroatoms. The molecule has 0 spiro atoms. The van der Waals surface area contributed by atoms with Crippen molar-refractivity contribution in [1.29, 1.82) is 0 Å². The highest BCUT2D eigenvalue weighted by Crippen LogP contribution is 2.37. The SMILES string of the molecule is C=N/C(=C\C(=NCc1ccccc1)c1ccc(-c2ccccc2)cc1)c1ccc(-c2cc(-c3ccccc3)nc3ccc4ccccc4c23)cc1. The molecule has 0 saturated heterocycles. The van der Waals surface area contributed by atoms with Gasteiger partial charge < -0.3 is 0 Å². The van der Waals surface area contributed by atoms with Crippen LogP contribution in [0.15, 0.2) is 198 Å². The lowest BCUT2D eigenvalue weighted by molar-refractivity contribution is 1.07. The van der Waals surface area contributed by atoms with Gasteiger partial charge in [-0.05, 0) is 69.1 Å². The molecule has 0 N–H and O–H groups in total. The minimum Gasteiger partial charge on any atom is -0.280 e. The Labute approximate surface area is 298 Å². The van der Waals surface area contributed by atoms with Crippen LogP contribution < -0.4 is 0 Å². The molecule has 0 aliphatic rings. The molecule has 0 aliphatic heterocycles. The normalized spacial score (nSPS) is 11.9. The lowest BCUT2D eigenvalue weighted by atomic mass is 9.93. The fraction of sp³-hybridized carbons (Fsp3) is 0.0208. The van der Waals surface area contributed by atoms with Crippen LogP contribution in [0, 0.1) is 0 Å². The van der Waals surface area contributed by atoms with Crippen molar-refractivity contribution < 1.29 is 0 Å². The minimum atomic E-state index is 0.559. The van der Waals surface area contributed by atoms with E-state index in [1.54, 1.807) is 0 Å². The number of hydrogen-bond acceptors (Lipinski definition) is 3. The number of hydrogen-bond donors (Lipinski definition) is 0. The third-order valence-corrected chi connectivity index (χ3v) is 9.27. The van der Waals surface area contributed by atoms with Gasteiger partial charge in [-0.3, -0.25) is 9.98 Å².